The van der Waals surface area contributed by atoms with Gasteiger partial charge in [-0.15, -0.1) is 0 Å². The van der Waals surface area contributed by atoms with Gasteiger partial charge in [0.05, 0.1) is 11.9 Å². The highest BCUT2D eigenvalue weighted by atomic mass is 14.7. The van der Waals surface area contributed by atoms with Crippen LogP contribution >= 0.6 is 0 Å². The van der Waals surface area contributed by atoms with E-state index in [0.29, 0.717) is 0 Å². The lowest BCUT2D eigenvalue weighted by atomic mass is 9.93. The molecule has 0 bridgehead atoms. The Bertz CT molecular complexity index is 329. The lowest BCUT2D eigenvalue weighted by Gasteiger charge is -2.13. The Balaban J connectivity index is 2.34. The minimum Gasteiger partial charge on any atom is -0.397 e. The second kappa shape index (κ2) is 3.60. The van der Waals surface area contributed by atoms with Crippen LogP contribution in [0.4, 0.5) is 5.69 Å². The number of allylic oxidation sites excluding steroid dienone is 2. The number of nitrogens with zero attached hydrogens (tertiary/aromatic N) is 1. The van der Waals surface area contributed by atoms with Crippen LogP contribution in [-0.2, 0) is 0 Å². The third kappa shape index (κ3) is 1.72. The zero-order valence-corrected chi connectivity index (χ0v) is 7.66. The van der Waals surface area contributed by atoms with Gasteiger partial charge in [0.1, 0.15) is 0 Å². The quantitative estimate of drug-likeness (QED) is 0.710. The van der Waals surface area contributed by atoms with Gasteiger partial charge in [-0.25, -0.2) is 0 Å². The van der Waals surface area contributed by atoms with E-state index in [2.05, 4.69) is 11.1 Å². The van der Waals surface area contributed by atoms with Gasteiger partial charge >= 0.3 is 0 Å². The van der Waals surface area contributed by atoms with Crippen molar-refractivity contribution in [1.29, 1.82) is 0 Å². The molecule has 0 atom stereocenters. The maximum atomic E-state index is 5.85. The maximum Gasteiger partial charge on any atom is 0.0576 e. The van der Waals surface area contributed by atoms with Crippen molar-refractivity contribution in [3.8, 4) is 0 Å². The average molecular weight is 174 g/mol. The lowest BCUT2D eigenvalue weighted by Crippen LogP contribution is -1.97. The summed E-state index contributed by atoms with van der Waals surface area (Å²) < 4.78 is 0. The Labute approximate surface area is 78.5 Å². The molecule has 13 heavy (non-hydrogen) atoms. The first-order valence-electron chi connectivity index (χ1n) is 4.77. The second-order valence-electron chi connectivity index (χ2n) is 3.44. The molecule has 0 aliphatic heterocycles. The van der Waals surface area contributed by atoms with E-state index in [4.69, 9.17) is 5.73 Å². The van der Waals surface area contributed by atoms with Crippen LogP contribution in [0, 0.1) is 0 Å². The molecule has 0 amide bonds. The van der Waals surface area contributed by atoms with Crippen LogP contribution in [0.2, 0.25) is 0 Å². The van der Waals surface area contributed by atoms with Crippen LogP contribution in [0.1, 0.15) is 31.2 Å². The molecule has 2 nitrogen and oxygen atoms in total. The van der Waals surface area contributed by atoms with Crippen molar-refractivity contribution >= 4 is 11.3 Å². The molecule has 0 saturated heterocycles. The molecular weight excluding hydrogens is 160 g/mol. The van der Waals surface area contributed by atoms with E-state index >= 15 is 0 Å². The van der Waals surface area contributed by atoms with Crippen LogP contribution < -0.4 is 5.73 Å². The molecule has 1 aliphatic rings. The van der Waals surface area contributed by atoms with Gasteiger partial charge in [-0.3, -0.25) is 4.98 Å². The number of anilines is 1. The fourth-order valence-electron chi connectivity index (χ4n) is 1.78. The first-order chi connectivity index (χ1) is 6.38. The number of rotatable bonds is 1. The van der Waals surface area contributed by atoms with E-state index in [9.17, 15) is 0 Å². The van der Waals surface area contributed by atoms with Crippen molar-refractivity contribution in [2.45, 2.75) is 25.7 Å². The van der Waals surface area contributed by atoms with E-state index in [1.54, 1.807) is 12.4 Å². The summed E-state index contributed by atoms with van der Waals surface area (Å²) >= 11 is 0. The molecule has 2 heteroatoms. The molecule has 68 valence electrons. The molecule has 1 aromatic rings. The summed E-state index contributed by atoms with van der Waals surface area (Å²) in [5.41, 5.74) is 9.22. The lowest BCUT2D eigenvalue weighted by molar-refractivity contribution is 0.742. The van der Waals surface area contributed by atoms with Crippen LogP contribution in [0.25, 0.3) is 5.57 Å². The van der Waals surface area contributed by atoms with Crippen molar-refractivity contribution in [3.05, 3.63) is 30.1 Å². The summed E-state index contributed by atoms with van der Waals surface area (Å²) in [6, 6.07) is 2.01. The van der Waals surface area contributed by atoms with Gasteiger partial charge in [-0.2, -0.15) is 0 Å². The zero-order chi connectivity index (χ0) is 9.10. The third-order valence-corrected chi connectivity index (χ3v) is 2.49. The normalized spacial score (nSPS) is 16.8. The molecule has 0 aromatic carbocycles. The van der Waals surface area contributed by atoms with Crippen molar-refractivity contribution in [2.24, 2.45) is 0 Å². The topological polar surface area (TPSA) is 38.9 Å². The summed E-state index contributed by atoms with van der Waals surface area (Å²) in [5.74, 6) is 0. The molecule has 2 rings (SSSR count). The van der Waals surface area contributed by atoms with Crippen molar-refractivity contribution in [2.75, 3.05) is 5.73 Å². The van der Waals surface area contributed by atoms with Crippen molar-refractivity contribution in [3.63, 3.8) is 0 Å². The number of aromatic nitrogens is 1. The van der Waals surface area contributed by atoms with E-state index in [0.717, 1.165) is 12.1 Å². The van der Waals surface area contributed by atoms with E-state index in [1.165, 1.54) is 30.4 Å². The summed E-state index contributed by atoms with van der Waals surface area (Å²) in [6.07, 6.45) is 10.8. The molecule has 2 N–H and O–H groups in total. The number of nitrogen functional groups attached to an aromatic ring is 1. The Morgan fingerprint density at radius 3 is 2.92 bits per heavy atom. The smallest absolute Gasteiger partial charge is 0.0576 e. The monoisotopic (exact) mass is 174 g/mol. The molecule has 0 radical (unpaired) electrons. The zero-order valence-electron chi connectivity index (χ0n) is 7.66. The summed E-state index contributed by atoms with van der Waals surface area (Å²) in [7, 11) is 0. The highest BCUT2D eigenvalue weighted by Crippen LogP contribution is 2.29. The average Bonchev–Trinajstić information content (AvgIpc) is 2.20. The Morgan fingerprint density at radius 2 is 2.23 bits per heavy atom. The Hall–Kier alpha value is -1.31. The molecule has 0 spiro atoms. The Kier molecular flexibility index (Phi) is 2.30. The largest absolute Gasteiger partial charge is 0.397 e. The molecule has 0 unspecified atom stereocenters. The molecule has 0 saturated carbocycles. The number of pyridine rings is 1. The predicted octanol–water partition coefficient (Wildman–Crippen LogP) is 2.62. The SMILES string of the molecule is Nc1cnccc1C1=CCCCC1. The molecule has 1 aromatic heterocycles. The summed E-state index contributed by atoms with van der Waals surface area (Å²) in [5, 5.41) is 0. The number of hydrogen-bond donors (Lipinski definition) is 1. The van der Waals surface area contributed by atoms with E-state index < -0.39 is 0 Å². The maximum absolute atomic E-state index is 5.85. The summed E-state index contributed by atoms with van der Waals surface area (Å²) in [6.45, 7) is 0. The minimum atomic E-state index is 0.802. The van der Waals surface area contributed by atoms with Gasteiger partial charge in [-0.1, -0.05) is 6.08 Å². The second-order valence-corrected chi connectivity index (χ2v) is 3.44. The standard InChI is InChI=1S/C11H14N2/c12-11-8-13-7-6-10(11)9-4-2-1-3-5-9/h4,6-8H,1-3,5,12H2. The van der Waals surface area contributed by atoms with Gasteiger partial charge < -0.3 is 5.73 Å². The van der Waals surface area contributed by atoms with Gasteiger partial charge in [0.2, 0.25) is 0 Å². The molecule has 1 heterocycles. The van der Waals surface area contributed by atoms with Gasteiger partial charge in [0.15, 0.2) is 0 Å². The molecule has 0 fully saturated rings. The van der Waals surface area contributed by atoms with E-state index in [1.807, 2.05) is 6.07 Å². The van der Waals surface area contributed by atoms with Gasteiger partial charge in [0, 0.05) is 11.8 Å². The fourth-order valence-corrected chi connectivity index (χ4v) is 1.78. The molecule has 1 aliphatic carbocycles. The van der Waals surface area contributed by atoms with Crippen molar-refractivity contribution in [1.82, 2.24) is 4.98 Å². The minimum absolute atomic E-state index is 0.802. The Morgan fingerprint density at radius 1 is 1.31 bits per heavy atom. The highest BCUT2D eigenvalue weighted by Gasteiger charge is 2.08. The number of hydrogen-bond acceptors (Lipinski definition) is 2. The summed E-state index contributed by atoms with van der Waals surface area (Å²) in [4.78, 5) is 3.99. The third-order valence-electron chi connectivity index (χ3n) is 2.49. The van der Waals surface area contributed by atoms with Crippen LogP contribution in [0.5, 0.6) is 0 Å². The van der Waals surface area contributed by atoms with E-state index in [-0.39, 0.29) is 0 Å². The van der Waals surface area contributed by atoms with Crippen molar-refractivity contribution < 1.29 is 0 Å². The predicted molar refractivity (Wildman–Crippen MR) is 55.1 cm³/mol. The highest BCUT2D eigenvalue weighted by molar-refractivity contribution is 5.74. The van der Waals surface area contributed by atoms with Crippen LogP contribution in [0.3, 0.4) is 0 Å². The van der Waals surface area contributed by atoms with Crippen LogP contribution in [0.15, 0.2) is 24.5 Å². The fraction of sp³-hybridized carbons (Fsp3) is 0.364. The van der Waals surface area contributed by atoms with Gasteiger partial charge in [0.25, 0.3) is 0 Å². The first-order valence-corrected chi connectivity index (χ1v) is 4.77. The first kappa shape index (κ1) is 8.30. The van der Waals surface area contributed by atoms with Gasteiger partial charge in [-0.05, 0) is 37.3 Å². The molecular formula is C11H14N2. The van der Waals surface area contributed by atoms with Crippen LogP contribution in [-0.4, -0.2) is 4.98 Å². The number of nitrogens with two attached hydrogens (primary N) is 1.